The van der Waals surface area contributed by atoms with E-state index in [1.807, 2.05) is 36.4 Å². The van der Waals surface area contributed by atoms with E-state index >= 15 is 0 Å². The Morgan fingerprint density at radius 3 is 1.25 bits per heavy atom. The summed E-state index contributed by atoms with van der Waals surface area (Å²) >= 11 is 0. The predicted octanol–water partition coefficient (Wildman–Crippen LogP) is 15.6. The largest absolute Gasteiger partial charge is 0.309 e. The van der Waals surface area contributed by atoms with Crippen LogP contribution in [0.5, 0.6) is 0 Å². The van der Waals surface area contributed by atoms with Crippen molar-refractivity contribution < 1.29 is 0 Å². The van der Waals surface area contributed by atoms with E-state index in [1.54, 1.807) is 0 Å². The maximum atomic E-state index is 5.03. The van der Waals surface area contributed by atoms with Gasteiger partial charge >= 0.3 is 0 Å². The average Bonchev–Trinajstić information content (AvgIpc) is 3.87. The van der Waals surface area contributed by atoms with E-state index in [4.69, 9.17) is 9.97 Å². The van der Waals surface area contributed by atoms with Gasteiger partial charge in [0.1, 0.15) is 0 Å². The molecule has 0 aliphatic rings. The van der Waals surface area contributed by atoms with Crippen LogP contribution in [-0.4, -0.2) is 19.1 Å². The molecule has 0 saturated carbocycles. The molecule has 0 fully saturated rings. The standard InChI is InChI=1S/C60H42N4/c1-39-35-48(64-57-24-14-11-21-51(57)52-37-47(33-34-58(52)64)63-55-22-12-9-19-49(55)50-20-10-13-23-56(50)63)36-40(2)59(39)45-31-27-42(28-32-45)41-25-29-44(30-26-41)54-38-53(43-15-5-3-6-16-43)61-60(62-54)46-17-7-4-8-18-46/h3-38H,1-2H3. The third-order valence-electron chi connectivity index (χ3n) is 12.8. The molecule has 3 aromatic heterocycles. The van der Waals surface area contributed by atoms with Crippen molar-refractivity contribution in [1.82, 2.24) is 19.1 Å². The highest BCUT2D eigenvalue weighted by atomic mass is 15.0. The van der Waals surface area contributed by atoms with Crippen molar-refractivity contribution in [1.29, 1.82) is 0 Å². The molecule has 9 aromatic carbocycles. The molecular weight excluding hydrogens is 777 g/mol. The van der Waals surface area contributed by atoms with Crippen molar-refractivity contribution in [3.63, 3.8) is 0 Å². The second-order valence-electron chi connectivity index (χ2n) is 16.7. The monoisotopic (exact) mass is 818 g/mol. The molecule has 0 aliphatic carbocycles. The van der Waals surface area contributed by atoms with Gasteiger partial charge in [0.25, 0.3) is 0 Å². The Morgan fingerprint density at radius 2 is 0.703 bits per heavy atom. The molecule has 0 N–H and O–H groups in total. The fourth-order valence-electron chi connectivity index (χ4n) is 9.83. The minimum Gasteiger partial charge on any atom is -0.309 e. The SMILES string of the molecule is Cc1cc(-n2c3ccccc3c3cc(-n4c5ccccc5c5ccccc54)ccc32)cc(C)c1-c1ccc(-c2ccc(-c3cc(-c4ccccc4)nc(-c4ccccc4)n3)cc2)cc1. The van der Waals surface area contributed by atoms with E-state index in [0.717, 1.165) is 45.2 Å². The number of hydrogen-bond acceptors (Lipinski definition) is 2. The maximum absolute atomic E-state index is 5.03. The van der Waals surface area contributed by atoms with Crippen LogP contribution in [0.2, 0.25) is 0 Å². The highest BCUT2D eigenvalue weighted by Gasteiger charge is 2.18. The molecule has 0 radical (unpaired) electrons. The Labute approximate surface area is 372 Å². The first-order valence-corrected chi connectivity index (χ1v) is 21.9. The van der Waals surface area contributed by atoms with E-state index in [1.165, 1.54) is 77.1 Å². The molecule has 0 amide bonds. The van der Waals surface area contributed by atoms with E-state index < -0.39 is 0 Å². The number of aryl methyl sites for hydroxylation is 2. The second kappa shape index (κ2) is 15.2. The lowest BCUT2D eigenvalue weighted by Crippen LogP contribution is -1.98. The zero-order chi connectivity index (χ0) is 42.7. The summed E-state index contributed by atoms with van der Waals surface area (Å²) in [6.07, 6.45) is 0. The van der Waals surface area contributed by atoms with E-state index in [-0.39, 0.29) is 0 Å². The molecule has 4 heteroatoms. The van der Waals surface area contributed by atoms with Gasteiger partial charge in [-0.15, -0.1) is 0 Å². The minimum absolute atomic E-state index is 0.718. The molecule has 12 aromatic rings. The van der Waals surface area contributed by atoms with Crippen molar-refractivity contribution in [2.75, 3.05) is 0 Å². The zero-order valence-corrected chi connectivity index (χ0v) is 35.6. The van der Waals surface area contributed by atoms with Crippen LogP contribution in [0.15, 0.2) is 218 Å². The van der Waals surface area contributed by atoms with Crippen LogP contribution in [0.4, 0.5) is 0 Å². The number of rotatable bonds is 7. The number of para-hydroxylation sites is 3. The number of fused-ring (bicyclic) bond motifs is 6. The highest BCUT2D eigenvalue weighted by Crippen LogP contribution is 2.39. The predicted molar refractivity (Wildman–Crippen MR) is 267 cm³/mol. The summed E-state index contributed by atoms with van der Waals surface area (Å²) in [5.41, 5.74) is 19.4. The van der Waals surface area contributed by atoms with Gasteiger partial charge in [-0.05, 0) is 102 Å². The molecule has 12 rings (SSSR count). The van der Waals surface area contributed by atoms with Gasteiger partial charge in [-0.2, -0.15) is 0 Å². The fourth-order valence-corrected chi connectivity index (χ4v) is 9.83. The Bertz CT molecular complexity index is 3580. The Kier molecular flexibility index (Phi) is 8.91. The third kappa shape index (κ3) is 6.30. The van der Waals surface area contributed by atoms with Crippen LogP contribution in [0, 0.1) is 13.8 Å². The van der Waals surface area contributed by atoms with Gasteiger partial charge in [0.15, 0.2) is 5.82 Å². The first-order valence-electron chi connectivity index (χ1n) is 21.9. The quantitative estimate of drug-likeness (QED) is 0.161. The first-order chi connectivity index (χ1) is 31.6. The van der Waals surface area contributed by atoms with E-state index in [0.29, 0.717) is 0 Å². The lowest BCUT2D eigenvalue weighted by molar-refractivity contribution is 1.15. The van der Waals surface area contributed by atoms with Crippen LogP contribution < -0.4 is 0 Å². The Morgan fingerprint density at radius 1 is 0.297 bits per heavy atom. The van der Waals surface area contributed by atoms with Crippen LogP contribution in [-0.2, 0) is 0 Å². The molecule has 0 spiro atoms. The van der Waals surface area contributed by atoms with E-state index in [9.17, 15) is 0 Å². The van der Waals surface area contributed by atoms with Crippen LogP contribution in [0.3, 0.4) is 0 Å². The van der Waals surface area contributed by atoms with Gasteiger partial charge < -0.3 is 9.13 Å². The van der Waals surface area contributed by atoms with Crippen molar-refractivity contribution in [3.05, 3.63) is 230 Å². The lowest BCUT2D eigenvalue weighted by atomic mass is 9.93. The normalized spacial score (nSPS) is 11.6. The van der Waals surface area contributed by atoms with Gasteiger partial charge in [0, 0.05) is 49.6 Å². The minimum atomic E-state index is 0.718. The van der Waals surface area contributed by atoms with Crippen LogP contribution in [0.1, 0.15) is 11.1 Å². The zero-order valence-electron chi connectivity index (χ0n) is 35.6. The molecule has 0 bridgehead atoms. The van der Waals surface area contributed by atoms with Gasteiger partial charge in [-0.1, -0.05) is 164 Å². The molecule has 64 heavy (non-hydrogen) atoms. The number of nitrogens with zero attached hydrogens (tertiary/aromatic N) is 4. The molecule has 0 unspecified atom stereocenters. The molecule has 0 atom stereocenters. The smallest absolute Gasteiger partial charge is 0.160 e. The summed E-state index contributed by atoms with van der Waals surface area (Å²) in [6.45, 7) is 4.48. The molecule has 0 saturated heterocycles. The Hall–Kier alpha value is -8.34. The fraction of sp³-hybridized carbons (Fsp3) is 0.0333. The van der Waals surface area contributed by atoms with Gasteiger partial charge in [-0.25, -0.2) is 9.97 Å². The average molecular weight is 819 g/mol. The Balaban J connectivity index is 0.867. The van der Waals surface area contributed by atoms with Crippen molar-refractivity contribution >= 4 is 43.6 Å². The van der Waals surface area contributed by atoms with Crippen molar-refractivity contribution in [2.45, 2.75) is 13.8 Å². The lowest BCUT2D eigenvalue weighted by Gasteiger charge is -2.16. The molecule has 0 aliphatic heterocycles. The summed E-state index contributed by atoms with van der Waals surface area (Å²) < 4.78 is 4.84. The number of hydrogen-bond donors (Lipinski definition) is 0. The summed E-state index contributed by atoms with van der Waals surface area (Å²) in [7, 11) is 0. The summed E-state index contributed by atoms with van der Waals surface area (Å²) in [6, 6.07) is 78.2. The summed E-state index contributed by atoms with van der Waals surface area (Å²) in [4.78, 5) is 10.00. The number of benzene rings is 9. The molecule has 3 heterocycles. The summed E-state index contributed by atoms with van der Waals surface area (Å²) in [5, 5.41) is 5.02. The number of aromatic nitrogens is 4. The third-order valence-corrected chi connectivity index (χ3v) is 12.8. The molecule has 302 valence electrons. The van der Waals surface area contributed by atoms with Gasteiger partial charge in [0.2, 0.25) is 0 Å². The van der Waals surface area contributed by atoms with Gasteiger partial charge in [-0.3, -0.25) is 0 Å². The maximum Gasteiger partial charge on any atom is 0.160 e. The first kappa shape index (κ1) is 37.4. The van der Waals surface area contributed by atoms with Gasteiger partial charge in [0.05, 0.1) is 33.5 Å². The molecule has 4 nitrogen and oxygen atoms in total. The van der Waals surface area contributed by atoms with Crippen LogP contribution >= 0.6 is 0 Å². The second-order valence-corrected chi connectivity index (χ2v) is 16.7. The highest BCUT2D eigenvalue weighted by molar-refractivity contribution is 6.12. The van der Waals surface area contributed by atoms with Crippen molar-refractivity contribution in [2.24, 2.45) is 0 Å². The van der Waals surface area contributed by atoms with Crippen LogP contribution in [0.25, 0.3) is 111 Å². The van der Waals surface area contributed by atoms with E-state index in [2.05, 4.69) is 205 Å². The summed E-state index contributed by atoms with van der Waals surface area (Å²) in [5.74, 6) is 0.718. The molecular formula is C60H42N4. The van der Waals surface area contributed by atoms with Crippen molar-refractivity contribution in [3.8, 4) is 67.5 Å². The topological polar surface area (TPSA) is 35.6 Å².